The molecule has 2 aliphatic carbocycles. The minimum atomic E-state index is 0.311. The monoisotopic (exact) mass is 336 g/mol. The van der Waals surface area contributed by atoms with E-state index in [0.717, 1.165) is 0 Å². The molecule has 2 fully saturated rings. The Morgan fingerprint density at radius 2 is 1.04 bits per heavy atom. The normalized spacial score (nSPS) is 29.7. The first-order valence-electron chi connectivity index (χ1n) is 9.58. The molecule has 0 spiro atoms. The third kappa shape index (κ3) is 3.16. The zero-order valence-corrected chi connectivity index (χ0v) is 15.0. The van der Waals surface area contributed by atoms with Crippen LogP contribution in [0.25, 0.3) is 0 Å². The molecule has 0 N–H and O–H groups in total. The number of hydrogen-bond acceptors (Lipinski definition) is 0. The maximum Gasteiger partial charge on any atom is 0.258 e. The summed E-state index contributed by atoms with van der Waals surface area (Å²) in [6, 6.07) is 22.2. The third-order valence-electron chi connectivity index (χ3n) is 6.41. The number of halogens is 1. The molecule has 0 nitrogen and oxygen atoms in total. The molecule has 2 aromatic carbocycles. The highest BCUT2D eigenvalue weighted by atomic mass is 35.5. The second kappa shape index (κ2) is 7.36. The average molecular weight is 337 g/mol. The van der Waals surface area contributed by atoms with Crippen LogP contribution in [0.2, 0.25) is 11.6 Å². The predicted octanol–water partition coefficient (Wildman–Crippen LogP) is 6.89. The standard InChI is InChI=1S/C22H26BCl/c24-23(21-15-7-13-19(21)17-9-3-1-4-10-17)22-16-8-14-20(22)18-11-5-2-6-12-18/h1-6,9-12,19-22H,7-8,13-16H2/t19-,20+,21+,22-. The molecule has 2 aliphatic rings. The number of rotatable bonds is 4. The second-order valence-electron chi connectivity index (χ2n) is 7.67. The molecule has 24 heavy (non-hydrogen) atoms. The Kier molecular flexibility index (Phi) is 4.99. The summed E-state index contributed by atoms with van der Waals surface area (Å²) >= 11 is 7.18. The van der Waals surface area contributed by atoms with Crippen molar-refractivity contribution in [2.24, 2.45) is 0 Å². The molecule has 2 aromatic rings. The molecule has 0 amide bonds. The molecule has 4 atom stereocenters. The van der Waals surface area contributed by atoms with E-state index in [9.17, 15) is 0 Å². The van der Waals surface area contributed by atoms with E-state index >= 15 is 0 Å². The average Bonchev–Trinajstić information content (AvgIpc) is 3.32. The van der Waals surface area contributed by atoms with Crippen LogP contribution >= 0.6 is 11.5 Å². The summed E-state index contributed by atoms with van der Waals surface area (Å²) in [4.78, 5) is 0. The van der Waals surface area contributed by atoms with E-state index < -0.39 is 0 Å². The largest absolute Gasteiger partial charge is 0.258 e. The smallest absolute Gasteiger partial charge is 0.195 e. The van der Waals surface area contributed by atoms with Crippen molar-refractivity contribution in [3.8, 4) is 0 Å². The third-order valence-corrected chi connectivity index (χ3v) is 7.06. The highest BCUT2D eigenvalue weighted by molar-refractivity contribution is 7.08. The van der Waals surface area contributed by atoms with Gasteiger partial charge in [0.15, 0.2) is 0 Å². The van der Waals surface area contributed by atoms with Crippen LogP contribution in [0.4, 0.5) is 0 Å². The quantitative estimate of drug-likeness (QED) is 0.533. The van der Waals surface area contributed by atoms with Crippen LogP contribution < -0.4 is 0 Å². The first kappa shape index (κ1) is 16.3. The second-order valence-corrected chi connectivity index (χ2v) is 8.17. The molecule has 0 heterocycles. The molecule has 0 saturated heterocycles. The maximum atomic E-state index is 7.18. The predicted molar refractivity (Wildman–Crippen MR) is 105 cm³/mol. The summed E-state index contributed by atoms with van der Waals surface area (Å²) in [6.07, 6.45) is 8.18. The van der Waals surface area contributed by atoms with E-state index in [0.29, 0.717) is 29.6 Å². The summed E-state index contributed by atoms with van der Waals surface area (Å²) in [5.74, 6) is 2.60. The van der Waals surface area contributed by atoms with Gasteiger partial charge in [-0.1, -0.05) is 86.3 Å². The Morgan fingerprint density at radius 1 is 0.625 bits per heavy atom. The summed E-state index contributed by atoms with van der Waals surface area (Å²) in [5, 5.41) is 0. The molecule has 2 saturated carbocycles. The van der Waals surface area contributed by atoms with Gasteiger partial charge in [-0.3, -0.25) is 0 Å². The van der Waals surface area contributed by atoms with Crippen molar-refractivity contribution in [3.63, 3.8) is 0 Å². The van der Waals surface area contributed by atoms with E-state index in [1.54, 1.807) is 0 Å². The molecule has 2 heteroatoms. The first-order chi connectivity index (χ1) is 11.8. The topological polar surface area (TPSA) is 0 Å². The Labute approximate surface area is 151 Å². The van der Waals surface area contributed by atoms with Crippen molar-refractivity contribution in [1.29, 1.82) is 0 Å². The summed E-state index contributed by atoms with van der Waals surface area (Å²) in [7, 11) is 0. The highest BCUT2D eigenvalue weighted by Crippen LogP contribution is 2.55. The van der Waals surface area contributed by atoms with Crippen LogP contribution in [-0.4, -0.2) is 6.13 Å². The molecular weight excluding hydrogens is 311 g/mol. The fraction of sp³-hybridized carbons (Fsp3) is 0.455. The lowest BCUT2D eigenvalue weighted by Crippen LogP contribution is -2.25. The Hall–Kier alpha value is -1.21. The van der Waals surface area contributed by atoms with E-state index in [4.69, 9.17) is 11.5 Å². The van der Waals surface area contributed by atoms with Gasteiger partial charge in [-0.15, -0.1) is 0 Å². The first-order valence-corrected chi connectivity index (χ1v) is 10.0. The number of benzene rings is 2. The minimum absolute atomic E-state index is 0.311. The van der Waals surface area contributed by atoms with Gasteiger partial charge in [0.25, 0.3) is 6.13 Å². The van der Waals surface area contributed by atoms with Gasteiger partial charge in [-0.2, -0.15) is 11.5 Å². The summed E-state index contributed by atoms with van der Waals surface area (Å²) < 4.78 is 0. The van der Waals surface area contributed by atoms with Gasteiger partial charge in [-0.05, 0) is 47.4 Å². The van der Waals surface area contributed by atoms with E-state index in [1.165, 1.54) is 49.7 Å². The Balaban J connectivity index is 1.55. The van der Waals surface area contributed by atoms with Crippen LogP contribution in [0.5, 0.6) is 0 Å². The SMILES string of the molecule is ClB([C@H]1CCC[C@@H]1c1ccccc1)[C@@H]1CCC[C@H]1c1ccccc1. The fourth-order valence-corrected chi connectivity index (χ4v) is 5.89. The lowest BCUT2D eigenvalue weighted by atomic mass is 9.47. The molecule has 0 unspecified atom stereocenters. The van der Waals surface area contributed by atoms with Crippen molar-refractivity contribution >= 4 is 17.6 Å². The van der Waals surface area contributed by atoms with Crippen LogP contribution in [0, 0.1) is 0 Å². The summed E-state index contributed by atoms with van der Waals surface area (Å²) in [6.45, 7) is 0. The van der Waals surface area contributed by atoms with Gasteiger partial charge in [0, 0.05) is 0 Å². The minimum Gasteiger partial charge on any atom is -0.195 e. The van der Waals surface area contributed by atoms with E-state index in [1.807, 2.05) is 0 Å². The Morgan fingerprint density at radius 3 is 1.46 bits per heavy atom. The number of hydrogen-bond donors (Lipinski definition) is 0. The van der Waals surface area contributed by atoms with Gasteiger partial charge >= 0.3 is 0 Å². The van der Waals surface area contributed by atoms with Crippen molar-refractivity contribution < 1.29 is 0 Å². The van der Waals surface area contributed by atoms with Crippen LogP contribution in [0.3, 0.4) is 0 Å². The van der Waals surface area contributed by atoms with Gasteiger partial charge < -0.3 is 0 Å². The van der Waals surface area contributed by atoms with Crippen molar-refractivity contribution in [2.75, 3.05) is 0 Å². The fourth-order valence-electron chi connectivity index (χ4n) is 5.29. The Bertz CT molecular complexity index is 584. The molecule has 124 valence electrons. The molecule has 0 aromatic heterocycles. The summed E-state index contributed by atoms with van der Waals surface area (Å²) in [5.41, 5.74) is 3.00. The molecule has 4 rings (SSSR count). The van der Waals surface area contributed by atoms with Crippen LogP contribution in [-0.2, 0) is 0 Å². The molecule has 0 aliphatic heterocycles. The van der Waals surface area contributed by atoms with Gasteiger partial charge in [0.05, 0.1) is 0 Å². The van der Waals surface area contributed by atoms with Crippen molar-refractivity contribution in [2.45, 2.75) is 62.0 Å². The van der Waals surface area contributed by atoms with Gasteiger partial charge in [-0.25, -0.2) is 0 Å². The molecular formula is C22H26BCl. The zero-order valence-electron chi connectivity index (χ0n) is 14.3. The lowest BCUT2D eigenvalue weighted by molar-refractivity contribution is 0.667. The van der Waals surface area contributed by atoms with Crippen LogP contribution in [0.15, 0.2) is 60.7 Å². The zero-order chi connectivity index (χ0) is 16.4. The maximum absolute atomic E-state index is 7.18. The van der Waals surface area contributed by atoms with Crippen molar-refractivity contribution in [1.82, 2.24) is 0 Å². The van der Waals surface area contributed by atoms with E-state index in [-0.39, 0.29) is 0 Å². The molecule has 0 radical (unpaired) electrons. The van der Waals surface area contributed by atoms with Gasteiger partial charge in [0.2, 0.25) is 0 Å². The highest BCUT2D eigenvalue weighted by Gasteiger charge is 2.44. The van der Waals surface area contributed by atoms with Crippen molar-refractivity contribution in [3.05, 3.63) is 71.8 Å². The molecule has 0 bridgehead atoms. The lowest BCUT2D eigenvalue weighted by Gasteiger charge is -2.30. The van der Waals surface area contributed by atoms with Gasteiger partial charge in [0.1, 0.15) is 0 Å². The van der Waals surface area contributed by atoms with Crippen LogP contribution in [0.1, 0.15) is 61.5 Å². The van der Waals surface area contributed by atoms with E-state index in [2.05, 4.69) is 60.7 Å².